The van der Waals surface area contributed by atoms with Gasteiger partial charge in [0.05, 0.1) is 20.0 Å². The van der Waals surface area contributed by atoms with E-state index in [1.807, 2.05) is 19.1 Å². The molecule has 0 radical (unpaired) electrons. The maximum absolute atomic E-state index is 11.2. The molecule has 1 atom stereocenters. The number of thiophene rings is 1. The Hall–Kier alpha value is -1.36. The van der Waals surface area contributed by atoms with Crippen molar-refractivity contribution in [1.82, 2.24) is 0 Å². The molecule has 0 aliphatic rings. The van der Waals surface area contributed by atoms with Crippen molar-refractivity contribution in [2.75, 3.05) is 7.11 Å². The lowest BCUT2D eigenvalue weighted by Gasteiger charge is -2.11. The Bertz CT molecular complexity index is 383. The second-order valence-corrected chi connectivity index (χ2v) is 4.84. The number of carbonyl (C=O) groups is 2. The van der Waals surface area contributed by atoms with E-state index in [0.717, 1.165) is 9.75 Å². The van der Waals surface area contributed by atoms with E-state index in [1.54, 1.807) is 0 Å². The van der Waals surface area contributed by atoms with E-state index < -0.39 is 5.97 Å². The normalized spacial score (nSPS) is 12.1. The molecule has 4 nitrogen and oxygen atoms in total. The molecule has 0 fully saturated rings. The second-order valence-electron chi connectivity index (χ2n) is 3.52. The zero-order valence-corrected chi connectivity index (χ0v) is 10.0. The number of aliphatic carboxylic acids is 1. The van der Waals surface area contributed by atoms with Gasteiger partial charge < -0.3 is 9.84 Å². The van der Waals surface area contributed by atoms with Crippen LogP contribution in [0.4, 0.5) is 0 Å². The fourth-order valence-corrected chi connectivity index (χ4v) is 2.42. The van der Waals surface area contributed by atoms with Gasteiger partial charge in [-0.15, -0.1) is 11.3 Å². The summed E-state index contributed by atoms with van der Waals surface area (Å²) in [4.78, 5) is 23.9. The monoisotopic (exact) mass is 242 g/mol. The number of carboxylic acid groups (broad SMARTS) is 1. The van der Waals surface area contributed by atoms with Crippen molar-refractivity contribution in [3.05, 3.63) is 21.9 Å². The summed E-state index contributed by atoms with van der Waals surface area (Å²) in [5.41, 5.74) is 0. The van der Waals surface area contributed by atoms with Crippen molar-refractivity contribution in [3.63, 3.8) is 0 Å². The third-order valence-corrected chi connectivity index (χ3v) is 3.39. The summed E-state index contributed by atoms with van der Waals surface area (Å²) in [5.74, 6) is -1.57. The minimum Gasteiger partial charge on any atom is -0.481 e. The van der Waals surface area contributed by atoms with Crippen LogP contribution in [0, 0.1) is 6.92 Å². The maximum Gasteiger partial charge on any atom is 0.306 e. The van der Waals surface area contributed by atoms with E-state index in [1.165, 1.54) is 18.4 Å². The Morgan fingerprint density at radius 2 is 2.12 bits per heavy atom. The van der Waals surface area contributed by atoms with Crippen LogP contribution >= 0.6 is 11.3 Å². The summed E-state index contributed by atoms with van der Waals surface area (Å²) in [7, 11) is 1.31. The minimum absolute atomic E-state index is 0.0466. The third kappa shape index (κ3) is 3.66. The van der Waals surface area contributed by atoms with Gasteiger partial charge in [0.15, 0.2) is 0 Å². The lowest BCUT2D eigenvalue weighted by Crippen LogP contribution is -2.11. The third-order valence-electron chi connectivity index (χ3n) is 2.23. The number of carbonyl (C=O) groups excluding carboxylic acids is 1. The van der Waals surface area contributed by atoms with Crippen LogP contribution in [0.5, 0.6) is 0 Å². The molecule has 0 amide bonds. The van der Waals surface area contributed by atoms with Crippen molar-refractivity contribution in [3.8, 4) is 0 Å². The fourth-order valence-electron chi connectivity index (χ4n) is 1.44. The molecule has 88 valence electrons. The molecule has 0 aliphatic heterocycles. The van der Waals surface area contributed by atoms with Crippen molar-refractivity contribution >= 4 is 23.3 Å². The van der Waals surface area contributed by atoms with Crippen LogP contribution in [0.25, 0.3) is 0 Å². The van der Waals surface area contributed by atoms with Crippen LogP contribution in [0.3, 0.4) is 0 Å². The minimum atomic E-state index is -0.903. The van der Waals surface area contributed by atoms with Gasteiger partial charge in [-0.3, -0.25) is 9.59 Å². The van der Waals surface area contributed by atoms with Crippen molar-refractivity contribution in [2.45, 2.75) is 25.7 Å². The van der Waals surface area contributed by atoms with E-state index >= 15 is 0 Å². The zero-order valence-electron chi connectivity index (χ0n) is 9.23. The largest absolute Gasteiger partial charge is 0.481 e. The Balaban J connectivity index is 2.78. The topological polar surface area (TPSA) is 63.6 Å². The number of methoxy groups -OCH3 is 1. The molecule has 1 N–H and O–H groups in total. The number of carboxylic acids is 1. The molecule has 0 aromatic carbocycles. The van der Waals surface area contributed by atoms with Crippen molar-refractivity contribution in [1.29, 1.82) is 0 Å². The smallest absolute Gasteiger partial charge is 0.306 e. The molecule has 1 heterocycles. The van der Waals surface area contributed by atoms with Gasteiger partial charge in [0.25, 0.3) is 0 Å². The van der Waals surface area contributed by atoms with Gasteiger partial charge in [-0.1, -0.05) is 0 Å². The number of ether oxygens (including phenoxy) is 1. The summed E-state index contributed by atoms with van der Waals surface area (Å²) in [6.07, 6.45) is 0.0673. The van der Waals surface area contributed by atoms with Crippen LogP contribution in [-0.4, -0.2) is 24.2 Å². The molecule has 1 unspecified atom stereocenters. The molecule has 0 aliphatic carbocycles. The van der Waals surface area contributed by atoms with Crippen molar-refractivity contribution < 1.29 is 19.4 Å². The summed E-state index contributed by atoms with van der Waals surface area (Å²) in [6, 6.07) is 3.79. The van der Waals surface area contributed by atoms with E-state index in [4.69, 9.17) is 5.11 Å². The van der Waals surface area contributed by atoms with Gasteiger partial charge in [-0.05, 0) is 19.1 Å². The first-order valence-electron chi connectivity index (χ1n) is 4.88. The highest BCUT2D eigenvalue weighted by molar-refractivity contribution is 7.12. The van der Waals surface area contributed by atoms with Crippen LogP contribution < -0.4 is 0 Å². The molecular weight excluding hydrogens is 228 g/mol. The van der Waals surface area contributed by atoms with Crippen LogP contribution in [0.2, 0.25) is 0 Å². The van der Waals surface area contributed by atoms with Gasteiger partial charge >= 0.3 is 11.9 Å². The number of rotatable bonds is 5. The molecule has 0 spiro atoms. The molecule has 0 saturated carbocycles. The van der Waals surface area contributed by atoms with Gasteiger partial charge in [0.1, 0.15) is 0 Å². The second kappa shape index (κ2) is 5.65. The molecule has 1 rings (SSSR count). The Kier molecular flexibility index (Phi) is 4.49. The maximum atomic E-state index is 11.2. The first-order valence-corrected chi connectivity index (χ1v) is 5.69. The summed E-state index contributed by atoms with van der Waals surface area (Å²) < 4.78 is 4.56. The van der Waals surface area contributed by atoms with Crippen LogP contribution in [0.1, 0.15) is 28.5 Å². The summed E-state index contributed by atoms with van der Waals surface area (Å²) in [5, 5.41) is 8.79. The quantitative estimate of drug-likeness (QED) is 0.804. The van der Waals surface area contributed by atoms with Crippen LogP contribution in [-0.2, 0) is 14.3 Å². The Labute approximate surface area is 97.9 Å². The van der Waals surface area contributed by atoms with Gasteiger partial charge in [-0.2, -0.15) is 0 Å². The number of aryl methyl sites for hydroxylation is 1. The van der Waals surface area contributed by atoms with Crippen LogP contribution in [0.15, 0.2) is 12.1 Å². The highest BCUT2D eigenvalue weighted by Crippen LogP contribution is 2.30. The Morgan fingerprint density at radius 3 is 2.56 bits per heavy atom. The summed E-state index contributed by atoms with van der Waals surface area (Å²) in [6.45, 7) is 1.95. The highest BCUT2D eigenvalue weighted by atomic mass is 32.1. The van der Waals surface area contributed by atoms with E-state index in [0.29, 0.717) is 0 Å². The molecular formula is C11H14O4S. The first kappa shape index (κ1) is 12.7. The standard InChI is InChI=1S/C11H14O4S/c1-7-3-4-9(16-7)8(5-10(12)13)6-11(14)15-2/h3-4,8H,5-6H2,1-2H3,(H,12,13). The summed E-state index contributed by atoms with van der Waals surface area (Å²) >= 11 is 1.52. The molecule has 5 heteroatoms. The predicted octanol–water partition coefficient (Wildman–Crippen LogP) is 2.18. The molecule has 1 aromatic heterocycles. The molecule has 0 bridgehead atoms. The predicted molar refractivity (Wildman–Crippen MR) is 60.7 cm³/mol. The molecule has 1 aromatic rings. The average molecular weight is 242 g/mol. The van der Waals surface area contributed by atoms with E-state index in [9.17, 15) is 9.59 Å². The fraction of sp³-hybridized carbons (Fsp3) is 0.455. The lowest BCUT2D eigenvalue weighted by atomic mass is 10.00. The first-order chi connectivity index (χ1) is 7.52. The lowest BCUT2D eigenvalue weighted by molar-refractivity contribution is -0.141. The average Bonchev–Trinajstić information content (AvgIpc) is 2.63. The van der Waals surface area contributed by atoms with Gasteiger partial charge in [-0.25, -0.2) is 0 Å². The van der Waals surface area contributed by atoms with E-state index in [2.05, 4.69) is 4.74 Å². The van der Waals surface area contributed by atoms with Gasteiger partial charge in [0.2, 0.25) is 0 Å². The zero-order chi connectivity index (χ0) is 12.1. The molecule has 16 heavy (non-hydrogen) atoms. The van der Waals surface area contributed by atoms with E-state index in [-0.39, 0.29) is 24.7 Å². The van der Waals surface area contributed by atoms with Gasteiger partial charge in [0, 0.05) is 15.7 Å². The SMILES string of the molecule is COC(=O)CC(CC(=O)O)c1ccc(C)s1. The number of hydrogen-bond donors (Lipinski definition) is 1. The Morgan fingerprint density at radius 1 is 1.44 bits per heavy atom. The number of hydrogen-bond acceptors (Lipinski definition) is 4. The van der Waals surface area contributed by atoms with Crippen molar-refractivity contribution in [2.24, 2.45) is 0 Å². The highest BCUT2D eigenvalue weighted by Gasteiger charge is 2.20. The molecule has 0 saturated heterocycles. The number of esters is 1.